The fourth-order valence-corrected chi connectivity index (χ4v) is 2.86. The van der Waals surface area contributed by atoms with E-state index in [4.69, 9.17) is 4.74 Å². The molecule has 16 heavy (non-hydrogen) atoms. The highest BCUT2D eigenvalue weighted by molar-refractivity contribution is 7.99. The van der Waals surface area contributed by atoms with Crippen LogP contribution in [-0.4, -0.2) is 48.6 Å². The van der Waals surface area contributed by atoms with Crippen LogP contribution in [0.2, 0.25) is 0 Å². The van der Waals surface area contributed by atoms with Gasteiger partial charge in [-0.05, 0) is 19.3 Å². The van der Waals surface area contributed by atoms with Crippen LogP contribution in [0.15, 0.2) is 0 Å². The highest BCUT2D eigenvalue weighted by Crippen LogP contribution is 2.14. The quantitative estimate of drug-likeness (QED) is 0.718. The van der Waals surface area contributed by atoms with E-state index in [1.807, 2.05) is 16.7 Å². The molecular weight excluding hydrogens is 222 g/mol. The number of piperidine rings is 1. The monoisotopic (exact) mass is 245 g/mol. The lowest BCUT2D eigenvalue weighted by atomic mass is 10.1. The van der Waals surface area contributed by atoms with Gasteiger partial charge in [0.05, 0.1) is 6.61 Å². The van der Waals surface area contributed by atoms with Crippen molar-refractivity contribution in [3.8, 4) is 0 Å². The van der Waals surface area contributed by atoms with E-state index in [1.54, 1.807) is 7.11 Å². The van der Waals surface area contributed by atoms with E-state index in [1.165, 1.54) is 19.3 Å². The third-order valence-corrected chi connectivity index (χ3v) is 3.97. The van der Waals surface area contributed by atoms with Gasteiger partial charge in [-0.25, -0.2) is 0 Å². The number of thioether (sulfide) groups is 1. The van der Waals surface area contributed by atoms with E-state index in [-0.39, 0.29) is 0 Å². The second-order valence-electron chi connectivity index (χ2n) is 4.33. The van der Waals surface area contributed by atoms with Crippen LogP contribution in [0.5, 0.6) is 0 Å². The van der Waals surface area contributed by atoms with Crippen molar-refractivity contribution in [2.45, 2.75) is 37.9 Å². The summed E-state index contributed by atoms with van der Waals surface area (Å²) in [6.07, 6.45) is 4.32. The molecule has 1 atom stereocenters. The van der Waals surface area contributed by atoms with Gasteiger partial charge in [0.2, 0.25) is 5.91 Å². The third-order valence-electron chi connectivity index (χ3n) is 2.83. The molecule has 0 saturated carbocycles. The van der Waals surface area contributed by atoms with Crippen molar-refractivity contribution >= 4 is 17.7 Å². The molecule has 0 aliphatic carbocycles. The summed E-state index contributed by atoms with van der Waals surface area (Å²) in [6, 6.07) is 0. The van der Waals surface area contributed by atoms with Crippen LogP contribution in [0.3, 0.4) is 0 Å². The van der Waals surface area contributed by atoms with Gasteiger partial charge in [-0.3, -0.25) is 4.79 Å². The van der Waals surface area contributed by atoms with Crippen molar-refractivity contribution in [1.29, 1.82) is 0 Å². The van der Waals surface area contributed by atoms with Crippen LogP contribution in [0.25, 0.3) is 0 Å². The summed E-state index contributed by atoms with van der Waals surface area (Å²) in [5, 5.41) is 0.485. The van der Waals surface area contributed by atoms with Crippen LogP contribution in [0, 0.1) is 0 Å². The predicted molar refractivity (Wildman–Crippen MR) is 68.8 cm³/mol. The molecule has 1 saturated heterocycles. The molecule has 0 aromatic rings. The summed E-state index contributed by atoms with van der Waals surface area (Å²) in [5.74, 6) is 1.25. The first-order valence-electron chi connectivity index (χ1n) is 6.12. The standard InChI is InChI=1S/C12H23NO2S/c1-11(10-15-2)16-9-6-12(14)13-7-4-3-5-8-13/h11H,3-10H2,1-2H3/t11-/m1/s1. The van der Waals surface area contributed by atoms with E-state index >= 15 is 0 Å². The summed E-state index contributed by atoms with van der Waals surface area (Å²) in [4.78, 5) is 13.8. The molecule has 0 spiro atoms. The lowest BCUT2D eigenvalue weighted by molar-refractivity contribution is -0.131. The second-order valence-corrected chi connectivity index (χ2v) is 5.87. The number of likely N-dealkylation sites (tertiary alicyclic amines) is 1. The van der Waals surface area contributed by atoms with Crippen molar-refractivity contribution in [3.63, 3.8) is 0 Å². The second kappa shape index (κ2) is 7.96. The van der Waals surface area contributed by atoms with Crippen molar-refractivity contribution in [2.24, 2.45) is 0 Å². The van der Waals surface area contributed by atoms with Crippen LogP contribution in [0.1, 0.15) is 32.6 Å². The van der Waals surface area contributed by atoms with Crippen LogP contribution in [-0.2, 0) is 9.53 Å². The number of hydrogen-bond donors (Lipinski definition) is 0. The van der Waals surface area contributed by atoms with Gasteiger partial charge < -0.3 is 9.64 Å². The van der Waals surface area contributed by atoms with Crippen LogP contribution >= 0.6 is 11.8 Å². The van der Waals surface area contributed by atoms with E-state index in [2.05, 4.69) is 6.92 Å². The highest BCUT2D eigenvalue weighted by atomic mass is 32.2. The maximum atomic E-state index is 11.8. The largest absolute Gasteiger partial charge is 0.384 e. The topological polar surface area (TPSA) is 29.5 Å². The number of carbonyl (C=O) groups is 1. The summed E-state index contributed by atoms with van der Waals surface area (Å²) in [7, 11) is 1.72. The predicted octanol–water partition coefficient (Wildman–Crippen LogP) is 2.16. The molecule has 0 unspecified atom stereocenters. The van der Waals surface area contributed by atoms with Crippen molar-refractivity contribution < 1.29 is 9.53 Å². The van der Waals surface area contributed by atoms with E-state index < -0.39 is 0 Å². The zero-order valence-corrected chi connectivity index (χ0v) is 11.2. The molecule has 1 fully saturated rings. The molecule has 0 radical (unpaired) electrons. The van der Waals surface area contributed by atoms with Crippen molar-refractivity contribution in [1.82, 2.24) is 4.90 Å². The molecular formula is C12H23NO2S. The lowest BCUT2D eigenvalue weighted by Crippen LogP contribution is -2.35. The number of rotatable bonds is 6. The summed E-state index contributed by atoms with van der Waals surface area (Å²) < 4.78 is 5.06. The Hall–Kier alpha value is -0.220. The van der Waals surface area contributed by atoms with Gasteiger partial charge in [0.25, 0.3) is 0 Å². The number of amides is 1. The molecule has 1 amide bonds. The van der Waals surface area contributed by atoms with Crippen molar-refractivity contribution in [3.05, 3.63) is 0 Å². The third kappa shape index (κ3) is 5.21. The molecule has 1 heterocycles. The van der Waals surface area contributed by atoms with Gasteiger partial charge in [0, 0.05) is 37.6 Å². The smallest absolute Gasteiger partial charge is 0.223 e. The fraction of sp³-hybridized carbons (Fsp3) is 0.917. The first kappa shape index (κ1) is 13.8. The Balaban J connectivity index is 2.09. The normalized spacial score (nSPS) is 18.5. The number of methoxy groups -OCH3 is 1. The van der Waals surface area contributed by atoms with Gasteiger partial charge in [-0.15, -0.1) is 0 Å². The maximum absolute atomic E-state index is 11.8. The van der Waals surface area contributed by atoms with Gasteiger partial charge in [-0.1, -0.05) is 6.92 Å². The summed E-state index contributed by atoms with van der Waals surface area (Å²) in [6.45, 7) is 4.84. The minimum Gasteiger partial charge on any atom is -0.384 e. The fourth-order valence-electron chi connectivity index (χ4n) is 1.93. The lowest BCUT2D eigenvalue weighted by Gasteiger charge is -2.26. The molecule has 0 bridgehead atoms. The van der Waals surface area contributed by atoms with E-state index in [0.717, 1.165) is 25.4 Å². The number of nitrogens with zero attached hydrogens (tertiary/aromatic N) is 1. The molecule has 1 rings (SSSR count). The molecule has 3 nitrogen and oxygen atoms in total. The molecule has 0 aromatic heterocycles. The van der Waals surface area contributed by atoms with Crippen molar-refractivity contribution in [2.75, 3.05) is 32.6 Å². The van der Waals surface area contributed by atoms with Gasteiger partial charge in [0.1, 0.15) is 0 Å². The summed E-state index contributed by atoms with van der Waals surface area (Å²) >= 11 is 1.82. The molecule has 1 aliphatic heterocycles. The molecule has 4 heteroatoms. The van der Waals surface area contributed by atoms with Gasteiger partial charge >= 0.3 is 0 Å². The average Bonchev–Trinajstić information content (AvgIpc) is 2.30. The Morgan fingerprint density at radius 2 is 2.06 bits per heavy atom. The number of hydrogen-bond acceptors (Lipinski definition) is 3. The summed E-state index contributed by atoms with van der Waals surface area (Å²) in [5.41, 5.74) is 0. The first-order valence-corrected chi connectivity index (χ1v) is 7.17. The van der Waals surface area contributed by atoms with E-state index in [0.29, 0.717) is 17.6 Å². The Morgan fingerprint density at radius 1 is 1.38 bits per heavy atom. The molecule has 0 N–H and O–H groups in total. The Morgan fingerprint density at radius 3 is 2.69 bits per heavy atom. The van der Waals surface area contributed by atoms with Crippen LogP contribution in [0.4, 0.5) is 0 Å². The minimum absolute atomic E-state index is 0.330. The van der Waals surface area contributed by atoms with Gasteiger partial charge in [-0.2, -0.15) is 11.8 Å². The molecule has 0 aromatic carbocycles. The zero-order chi connectivity index (χ0) is 11.8. The Kier molecular flexibility index (Phi) is 6.88. The SMILES string of the molecule is COC[C@@H](C)SCCC(=O)N1CCCCC1. The highest BCUT2D eigenvalue weighted by Gasteiger charge is 2.16. The Bertz CT molecular complexity index is 205. The number of ether oxygens (including phenoxy) is 1. The Labute approximate surface area is 103 Å². The average molecular weight is 245 g/mol. The molecule has 94 valence electrons. The van der Waals surface area contributed by atoms with Crippen LogP contribution < -0.4 is 0 Å². The molecule has 1 aliphatic rings. The first-order chi connectivity index (χ1) is 7.74. The minimum atomic E-state index is 0.330. The zero-order valence-electron chi connectivity index (χ0n) is 10.4. The number of carbonyl (C=O) groups excluding carboxylic acids is 1. The van der Waals surface area contributed by atoms with Gasteiger partial charge in [0.15, 0.2) is 0 Å². The van der Waals surface area contributed by atoms with E-state index in [9.17, 15) is 4.79 Å². The maximum Gasteiger partial charge on any atom is 0.223 e.